The van der Waals surface area contributed by atoms with Gasteiger partial charge in [-0.15, -0.1) is 6.58 Å². The molecule has 19 heteroatoms. The summed E-state index contributed by atoms with van der Waals surface area (Å²) in [5, 5.41) is 5.88. The summed E-state index contributed by atoms with van der Waals surface area (Å²) >= 11 is 0. The lowest BCUT2D eigenvalue weighted by atomic mass is 10.1. The fraction of sp³-hybridized carbons (Fsp3) is 0.564. The second-order valence-electron chi connectivity index (χ2n) is 16.1. The molecule has 314 valence electrons. The molecule has 0 bridgehead atoms. The number of hydrogen-bond donors (Lipinski definition) is 3. The number of hydrogen-bond acceptors (Lipinski definition) is 13. The molecule has 3 heterocycles. The lowest BCUT2D eigenvalue weighted by Gasteiger charge is -2.31. The zero-order valence-electron chi connectivity index (χ0n) is 33.1. The Morgan fingerprint density at radius 3 is 2.40 bits per heavy atom. The van der Waals surface area contributed by atoms with E-state index >= 15 is 0 Å². The van der Waals surface area contributed by atoms with Crippen molar-refractivity contribution in [2.45, 2.75) is 106 Å². The molecule has 1 aromatic carbocycles. The van der Waals surface area contributed by atoms with Gasteiger partial charge in [-0.2, -0.15) is 0 Å². The molecule has 7 atom stereocenters. The van der Waals surface area contributed by atoms with Crippen LogP contribution >= 0.6 is 0 Å². The topological polar surface area (TPSA) is 229 Å². The van der Waals surface area contributed by atoms with Crippen LogP contribution in [0.4, 0.5) is 4.79 Å². The Morgan fingerprint density at radius 2 is 1.78 bits per heavy atom. The molecule has 58 heavy (non-hydrogen) atoms. The Labute approximate surface area is 336 Å². The fourth-order valence-electron chi connectivity index (χ4n) is 7.46. The van der Waals surface area contributed by atoms with E-state index in [-0.39, 0.29) is 38.2 Å². The van der Waals surface area contributed by atoms with Gasteiger partial charge in [-0.05, 0) is 69.7 Å². The average Bonchev–Trinajstić information content (AvgIpc) is 4.07. The van der Waals surface area contributed by atoms with E-state index in [9.17, 15) is 37.2 Å². The van der Waals surface area contributed by atoms with Crippen molar-refractivity contribution in [3.8, 4) is 11.6 Å². The Morgan fingerprint density at radius 1 is 1.05 bits per heavy atom. The average molecular weight is 827 g/mol. The summed E-state index contributed by atoms with van der Waals surface area (Å²) in [6.07, 6.45) is 1.69. The maximum atomic E-state index is 14.7. The highest BCUT2D eigenvalue weighted by molar-refractivity contribution is 7.91. The van der Waals surface area contributed by atoms with Crippen LogP contribution in [0.1, 0.15) is 59.3 Å². The van der Waals surface area contributed by atoms with Gasteiger partial charge in [0, 0.05) is 44.0 Å². The van der Waals surface area contributed by atoms with E-state index in [1.165, 1.54) is 31.4 Å². The maximum Gasteiger partial charge on any atom is 0.408 e. The van der Waals surface area contributed by atoms with Gasteiger partial charge >= 0.3 is 6.09 Å². The number of aromatic nitrogens is 1. The second-order valence-corrected chi connectivity index (χ2v) is 18.1. The summed E-state index contributed by atoms with van der Waals surface area (Å²) in [4.78, 5) is 88.4. The first-order valence-electron chi connectivity index (χ1n) is 19.1. The molecule has 18 nitrogen and oxygen atoms in total. The van der Waals surface area contributed by atoms with Gasteiger partial charge in [0.1, 0.15) is 41.4 Å². The third-order valence-corrected chi connectivity index (χ3v) is 12.6. The van der Waals surface area contributed by atoms with Gasteiger partial charge in [0.05, 0.1) is 37.5 Å². The molecule has 6 rings (SSSR count). The highest BCUT2D eigenvalue weighted by atomic mass is 32.2. The molecule has 5 amide bonds. The number of benzene rings is 1. The van der Waals surface area contributed by atoms with Gasteiger partial charge in [-0.1, -0.05) is 6.08 Å². The Kier molecular flexibility index (Phi) is 12.0. The number of likely N-dealkylation sites (tertiary alicyclic amines) is 2. The maximum absolute atomic E-state index is 14.7. The summed E-state index contributed by atoms with van der Waals surface area (Å²) in [5.41, 5.74) is -2.64. The van der Waals surface area contributed by atoms with E-state index < -0.39 is 98.8 Å². The first-order chi connectivity index (χ1) is 27.4. The lowest BCUT2D eigenvalue weighted by Crippen LogP contribution is -2.59. The predicted molar refractivity (Wildman–Crippen MR) is 207 cm³/mol. The highest BCUT2D eigenvalue weighted by Gasteiger charge is 2.62. The molecule has 2 saturated heterocycles. The zero-order valence-corrected chi connectivity index (χ0v) is 33.9. The summed E-state index contributed by atoms with van der Waals surface area (Å²) in [6, 6.07) is 3.28. The monoisotopic (exact) mass is 826 g/mol. The quantitative estimate of drug-likeness (QED) is 0.171. The summed E-state index contributed by atoms with van der Waals surface area (Å²) in [5.74, 6) is -3.01. The van der Waals surface area contributed by atoms with Crippen LogP contribution in [-0.2, 0) is 43.5 Å². The normalized spacial score (nSPS) is 26.0. The van der Waals surface area contributed by atoms with Crippen LogP contribution in [-0.4, -0.2) is 133 Å². The molecule has 0 unspecified atom stereocenters. The smallest absolute Gasteiger partial charge is 0.408 e. The van der Waals surface area contributed by atoms with Crippen molar-refractivity contribution >= 4 is 56.8 Å². The number of fused-ring (bicyclic) bond motifs is 1. The molecule has 0 radical (unpaired) electrons. The molecule has 2 aliphatic carbocycles. The molecule has 3 N–H and O–H groups in total. The van der Waals surface area contributed by atoms with E-state index in [0.717, 1.165) is 10.3 Å². The third-order valence-electron chi connectivity index (χ3n) is 10.8. The first-order valence-corrected chi connectivity index (χ1v) is 20.6. The van der Waals surface area contributed by atoms with Crippen LogP contribution < -0.4 is 24.8 Å². The van der Waals surface area contributed by atoms with Crippen LogP contribution in [0.3, 0.4) is 0 Å². The van der Waals surface area contributed by atoms with Gasteiger partial charge in [-0.3, -0.25) is 23.9 Å². The van der Waals surface area contributed by atoms with Crippen LogP contribution in [0.25, 0.3) is 10.8 Å². The second kappa shape index (κ2) is 16.5. The van der Waals surface area contributed by atoms with E-state index in [4.69, 9.17) is 18.9 Å². The Bertz CT molecular complexity index is 2090. The number of ether oxygens (including phenoxy) is 4. The summed E-state index contributed by atoms with van der Waals surface area (Å²) < 4.78 is 50.1. The molecule has 4 fully saturated rings. The summed E-state index contributed by atoms with van der Waals surface area (Å²) in [6.45, 7) is 8.46. The van der Waals surface area contributed by atoms with E-state index in [1.807, 2.05) is 0 Å². The number of nitrogens with one attached hydrogen (secondary N) is 3. The standard InChI is InChI=1S/C39H50N6O12S/c1-7-23-18-39(23,36(50)43-58(52,53)28-9-10-28)42-33(48)31-16-27(56-34-29-11-8-25(54-5)14-22(29)12-13-40-34)20-45(31)35(49)30(41-37(51)57-38(2,3)4)17-32(47)44-19-26(55-6)15-24(44)21-46/h7-8,11-14,21,23-24,26-28,30-31H,1,9-10,15-20H2,2-6H3,(H,41,51)(H,42,48)(H,43,50)/t23-,24-,26-,27-,30+,31+,39-/m1/s1. The lowest BCUT2D eigenvalue weighted by molar-refractivity contribution is -0.144. The molecule has 4 aliphatic rings. The Balaban J connectivity index is 1.31. The van der Waals surface area contributed by atoms with E-state index in [2.05, 4.69) is 26.9 Å². The molecular weight excluding hydrogens is 777 g/mol. The summed E-state index contributed by atoms with van der Waals surface area (Å²) in [7, 11) is -0.982. The number of alkyl carbamates (subject to hydrolysis) is 1. The third kappa shape index (κ3) is 9.20. The van der Waals surface area contributed by atoms with Crippen molar-refractivity contribution in [3.05, 3.63) is 43.1 Å². The van der Waals surface area contributed by atoms with Gasteiger partial charge < -0.3 is 44.2 Å². The molecule has 2 aromatic rings. The minimum absolute atomic E-state index is 0.0613. The molecule has 0 spiro atoms. The number of carbonyl (C=O) groups is 6. The van der Waals surface area contributed by atoms with Crippen molar-refractivity contribution in [2.75, 3.05) is 27.3 Å². The number of carbonyl (C=O) groups excluding carboxylic acids is 6. The van der Waals surface area contributed by atoms with Crippen LogP contribution in [0.5, 0.6) is 11.6 Å². The predicted octanol–water partition coefficient (Wildman–Crippen LogP) is 1.36. The largest absolute Gasteiger partial charge is 0.497 e. The van der Waals surface area contributed by atoms with Crippen LogP contribution in [0, 0.1) is 5.92 Å². The van der Waals surface area contributed by atoms with Crippen molar-refractivity contribution in [1.29, 1.82) is 0 Å². The first kappa shape index (κ1) is 42.3. The number of pyridine rings is 1. The van der Waals surface area contributed by atoms with Gasteiger partial charge in [0.15, 0.2) is 0 Å². The number of methoxy groups -OCH3 is 2. The number of rotatable bonds is 15. The number of aldehydes is 1. The van der Waals surface area contributed by atoms with Crippen LogP contribution in [0.2, 0.25) is 0 Å². The van der Waals surface area contributed by atoms with Crippen molar-refractivity contribution in [1.82, 2.24) is 30.1 Å². The van der Waals surface area contributed by atoms with Crippen molar-refractivity contribution in [2.24, 2.45) is 5.92 Å². The molecule has 2 saturated carbocycles. The Hall–Kier alpha value is -5.30. The van der Waals surface area contributed by atoms with Crippen molar-refractivity contribution in [3.63, 3.8) is 0 Å². The van der Waals surface area contributed by atoms with Gasteiger partial charge in [-0.25, -0.2) is 18.2 Å². The van der Waals surface area contributed by atoms with Crippen molar-refractivity contribution < 1.29 is 56.1 Å². The minimum atomic E-state index is -3.97. The SMILES string of the molecule is C=C[C@@H]1C[C@]1(NC(=O)[C@@H]1C[C@@H](Oc2nccc3cc(OC)ccc23)CN1C(=O)[C@H](CC(=O)N1C[C@H](OC)C[C@@H]1C=O)NC(=O)OC(C)(C)C)C(=O)NS(=O)(=O)C1CC1. The van der Waals surface area contributed by atoms with E-state index in [0.29, 0.717) is 30.3 Å². The van der Waals surface area contributed by atoms with Gasteiger partial charge in [0.25, 0.3) is 5.91 Å². The minimum Gasteiger partial charge on any atom is -0.497 e. The molecule has 2 aliphatic heterocycles. The number of sulfonamides is 1. The highest BCUT2D eigenvalue weighted by Crippen LogP contribution is 2.45. The zero-order chi connectivity index (χ0) is 42.2. The van der Waals surface area contributed by atoms with Crippen LogP contribution in [0.15, 0.2) is 43.1 Å². The van der Waals surface area contributed by atoms with Gasteiger partial charge in [0.2, 0.25) is 33.6 Å². The van der Waals surface area contributed by atoms with E-state index in [1.54, 1.807) is 45.0 Å². The fourth-order valence-corrected chi connectivity index (χ4v) is 8.82. The number of amides is 5. The number of nitrogens with zero attached hydrogens (tertiary/aromatic N) is 3. The molecule has 1 aromatic heterocycles. The molecular formula is C39H50N6O12S.